The van der Waals surface area contributed by atoms with Crippen LogP contribution >= 0.6 is 0 Å². The molecule has 0 aromatic heterocycles. The van der Waals surface area contributed by atoms with Gasteiger partial charge in [0.15, 0.2) is 0 Å². The summed E-state index contributed by atoms with van der Waals surface area (Å²) in [6, 6.07) is 6.80. The molecule has 1 aromatic carbocycles. The summed E-state index contributed by atoms with van der Waals surface area (Å²) in [6.07, 6.45) is 1.14. The van der Waals surface area contributed by atoms with Crippen LogP contribution in [0.5, 0.6) is 0 Å². The van der Waals surface area contributed by atoms with Gasteiger partial charge in [-0.3, -0.25) is 0 Å². The molecule has 1 nitrogen and oxygen atoms in total. The van der Waals surface area contributed by atoms with Gasteiger partial charge in [0.25, 0.3) is 0 Å². The first-order valence-corrected chi connectivity index (χ1v) is 6.08. The summed E-state index contributed by atoms with van der Waals surface area (Å²) in [5.74, 6) is 0. The molecule has 1 heterocycles. The summed E-state index contributed by atoms with van der Waals surface area (Å²) < 4.78 is 5.71. The lowest BCUT2D eigenvalue weighted by Gasteiger charge is -2.40. The Morgan fingerprint density at radius 3 is 2.25 bits per heavy atom. The van der Waals surface area contributed by atoms with Crippen molar-refractivity contribution < 1.29 is 4.74 Å². The summed E-state index contributed by atoms with van der Waals surface area (Å²) in [5, 5.41) is 0. The molecule has 0 bridgehead atoms. The van der Waals surface area contributed by atoms with Crippen LogP contribution in [0.2, 0.25) is 0 Å². The zero-order valence-electron chi connectivity index (χ0n) is 11.1. The second-order valence-corrected chi connectivity index (χ2v) is 6.11. The number of benzene rings is 1. The monoisotopic (exact) mass is 218 g/mol. The molecule has 0 aliphatic carbocycles. The van der Waals surface area contributed by atoms with Gasteiger partial charge in [0.2, 0.25) is 0 Å². The highest BCUT2D eigenvalue weighted by atomic mass is 16.5. The molecule has 1 saturated heterocycles. The van der Waals surface area contributed by atoms with Crippen molar-refractivity contribution in [1.82, 2.24) is 0 Å². The van der Waals surface area contributed by atoms with E-state index in [1.54, 1.807) is 0 Å². The molecule has 1 fully saturated rings. The van der Waals surface area contributed by atoms with Crippen molar-refractivity contribution in [3.8, 4) is 0 Å². The maximum Gasteiger partial charge on any atom is 0.0927 e. The molecule has 0 N–H and O–H groups in total. The third-order valence-electron chi connectivity index (χ3n) is 3.66. The largest absolute Gasteiger partial charge is 0.370 e. The van der Waals surface area contributed by atoms with E-state index in [2.05, 4.69) is 52.8 Å². The molecule has 0 radical (unpaired) electrons. The average Bonchev–Trinajstić information content (AvgIpc) is 2.12. The lowest BCUT2D eigenvalue weighted by Crippen LogP contribution is -2.38. The van der Waals surface area contributed by atoms with Gasteiger partial charge in [-0.1, -0.05) is 39.0 Å². The highest BCUT2D eigenvalue weighted by Crippen LogP contribution is 2.39. The Bertz CT molecular complexity index is 394. The zero-order chi connectivity index (χ0) is 12.0. The fourth-order valence-electron chi connectivity index (χ4n) is 2.34. The highest BCUT2D eigenvalue weighted by Gasteiger charge is 2.36. The predicted octanol–water partition coefficient (Wildman–Crippen LogP) is 3.93. The van der Waals surface area contributed by atoms with E-state index in [-0.39, 0.29) is 11.0 Å². The fourth-order valence-corrected chi connectivity index (χ4v) is 2.34. The van der Waals surface area contributed by atoms with Gasteiger partial charge in [0.1, 0.15) is 0 Å². The Kier molecular flexibility index (Phi) is 2.62. The molecule has 1 aromatic rings. The van der Waals surface area contributed by atoms with Gasteiger partial charge in [0.05, 0.1) is 12.2 Å². The number of rotatable bonds is 1. The van der Waals surface area contributed by atoms with Crippen LogP contribution in [0, 0.1) is 6.92 Å². The van der Waals surface area contributed by atoms with Gasteiger partial charge in [-0.05, 0) is 36.0 Å². The summed E-state index contributed by atoms with van der Waals surface area (Å²) >= 11 is 0. The van der Waals surface area contributed by atoms with Gasteiger partial charge in [0, 0.05) is 6.42 Å². The molecule has 16 heavy (non-hydrogen) atoms. The quantitative estimate of drug-likeness (QED) is 0.694. The second kappa shape index (κ2) is 3.59. The molecule has 0 amide bonds. The number of hydrogen-bond acceptors (Lipinski definition) is 1. The number of ether oxygens (including phenoxy) is 1. The highest BCUT2D eigenvalue weighted by molar-refractivity contribution is 5.38. The Balaban J connectivity index is 2.37. The first-order chi connectivity index (χ1) is 7.33. The molecular weight excluding hydrogens is 196 g/mol. The minimum atomic E-state index is -0.0273. The van der Waals surface area contributed by atoms with Crippen molar-refractivity contribution in [2.75, 3.05) is 6.61 Å². The van der Waals surface area contributed by atoms with Crippen LogP contribution in [0.3, 0.4) is 0 Å². The van der Waals surface area contributed by atoms with Crippen molar-refractivity contribution in [2.45, 2.75) is 52.1 Å². The van der Waals surface area contributed by atoms with E-state index >= 15 is 0 Å². The molecule has 1 heteroatoms. The summed E-state index contributed by atoms with van der Waals surface area (Å²) in [6.45, 7) is 12.0. The molecule has 0 spiro atoms. The van der Waals surface area contributed by atoms with Crippen LogP contribution < -0.4 is 0 Å². The van der Waals surface area contributed by atoms with Crippen LogP contribution in [-0.4, -0.2) is 6.61 Å². The molecule has 1 unspecified atom stereocenters. The molecular formula is C15H22O. The van der Waals surface area contributed by atoms with E-state index in [0.29, 0.717) is 0 Å². The average molecular weight is 218 g/mol. The van der Waals surface area contributed by atoms with Gasteiger partial charge in [-0.2, -0.15) is 0 Å². The summed E-state index contributed by atoms with van der Waals surface area (Å²) in [5.41, 5.74) is 4.31. The van der Waals surface area contributed by atoms with Crippen molar-refractivity contribution >= 4 is 0 Å². The third kappa shape index (κ3) is 1.89. The maximum atomic E-state index is 5.71. The minimum Gasteiger partial charge on any atom is -0.370 e. The second-order valence-electron chi connectivity index (χ2n) is 6.11. The topological polar surface area (TPSA) is 9.23 Å². The number of hydrogen-bond donors (Lipinski definition) is 0. The normalized spacial score (nSPS) is 25.3. The lowest BCUT2D eigenvalue weighted by molar-refractivity contribution is -0.141. The van der Waals surface area contributed by atoms with Crippen LogP contribution in [0.4, 0.5) is 0 Å². The maximum absolute atomic E-state index is 5.71. The smallest absolute Gasteiger partial charge is 0.0927 e. The van der Waals surface area contributed by atoms with Crippen molar-refractivity contribution in [2.24, 2.45) is 0 Å². The van der Waals surface area contributed by atoms with Gasteiger partial charge >= 0.3 is 0 Å². The first kappa shape index (κ1) is 11.7. The van der Waals surface area contributed by atoms with E-state index < -0.39 is 0 Å². The molecule has 0 saturated carbocycles. The fraction of sp³-hybridized carbons (Fsp3) is 0.600. The molecule has 2 rings (SSSR count). The molecule has 1 aliphatic heterocycles. The first-order valence-electron chi connectivity index (χ1n) is 6.08. The van der Waals surface area contributed by atoms with E-state index in [1.807, 2.05) is 0 Å². The Morgan fingerprint density at radius 2 is 1.88 bits per heavy atom. The van der Waals surface area contributed by atoms with E-state index in [4.69, 9.17) is 4.74 Å². The van der Waals surface area contributed by atoms with Crippen molar-refractivity contribution in [3.63, 3.8) is 0 Å². The van der Waals surface area contributed by atoms with Crippen molar-refractivity contribution in [1.29, 1.82) is 0 Å². The van der Waals surface area contributed by atoms with Crippen LogP contribution in [0.25, 0.3) is 0 Å². The zero-order valence-corrected chi connectivity index (χ0v) is 11.1. The van der Waals surface area contributed by atoms with Crippen LogP contribution in [-0.2, 0) is 15.8 Å². The van der Waals surface area contributed by atoms with E-state index in [1.165, 1.54) is 16.7 Å². The standard InChI is InChI=1S/C15H22O/c1-11-10-12(14(2,3)4)6-7-13(11)15(5)8-9-16-15/h6-7,10H,8-9H2,1-5H3. The lowest BCUT2D eigenvalue weighted by atomic mass is 9.81. The Labute approximate surface area is 98.8 Å². The predicted molar refractivity (Wildman–Crippen MR) is 67.8 cm³/mol. The van der Waals surface area contributed by atoms with Gasteiger partial charge in [-0.15, -0.1) is 0 Å². The Hall–Kier alpha value is -0.820. The van der Waals surface area contributed by atoms with Crippen LogP contribution in [0.15, 0.2) is 18.2 Å². The summed E-state index contributed by atoms with van der Waals surface area (Å²) in [4.78, 5) is 0. The minimum absolute atomic E-state index is 0.0273. The van der Waals surface area contributed by atoms with E-state index in [0.717, 1.165) is 13.0 Å². The molecule has 1 aliphatic rings. The molecule has 88 valence electrons. The Morgan fingerprint density at radius 1 is 1.25 bits per heavy atom. The van der Waals surface area contributed by atoms with E-state index in [9.17, 15) is 0 Å². The van der Waals surface area contributed by atoms with Gasteiger partial charge in [-0.25, -0.2) is 0 Å². The third-order valence-corrected chi connectivity index (χ3v) is 3.66. The SMILES string of the molecule is Cc1cc(C(C)(C)C)ccc1C1(C)CCO1. The van der Waals surface area contributed by atoms with Crippen molar-refractivity contribution in [3.05, 3.63) is 34.9 Å². The van der Waals surface area contributed by atoms with Gasteiger partial charge < -0.3 is 4.74 Å². The summed E-state index contributed by atoms with van der Waals surface area (Å²) in [7, 11) is 0. The number of aryl methyl sites for hydroxylation is 1. The van der Waals surface area contributed by atoms with Crippen LogP contribution in [0.1, 0.15) is 50.8 Å². The molecule has 1 atom stereocenters.